The number of hydrogen-bond acceptors (Lipinski definition) is 8. The lowest BCUT2D eigenvalue weighted by Gasteiger charge is -2.06. The summed E-state index contributed by atoms with van der Waals surface area (Å²) in [6.45, 7) is 0.323. The molecule has 0 aliphatic rings. The van der Waals surface area contributed by atoms with Crippen LogP contribution < -0.4 is 11.3 Å². The Kier molecular flexibility index (Phi) is 4.40. The van der Waals surface area contributed by atoms with Gasteiger partial charge in [-0.2, -0.15) is 0 Å². The normalized spacial score (nSPS) is 10.3. The largest absolute Gasteiger partial charge is 0.377 e. The van der Waals surface area contributed by atoms with Crippen LogP contribution in [0.3, 0.4) is 0 Å². The highest BCUT2D eigenvalue weighted by Crippen LogP contribution is 2.24. The van der Waals surface area contributed by atoms with Crippen LogP contribution in [0.2, 0.25) is 0 Å². The van der Waals surface area contributed by atoms with E-state index in [1.54, 1.807) is 31.8 Å². The maximum absolute atomic E-state index is 5.36. The summed E-state index contributed by atoms with van der Waals surface area (Å²) in [6.07, 6.45) is 4.91. The fourth-order valence-corrected chi connectivity index (χ4v) is 2.00. The van der Waals surface area contributed by atoms with Crippen molar-refractivity contribution in [2.24, 2.45) is 5.84 Å². The van der Waals surface area contributed by atoms with Gasteiger partial charge in [-0.1, -0.05) is 0 Å². The molecule has 3 N–H and O–H groups in total. The third-order valence-corrected chi connectivity index (χ3v) is 2.76. The zero-order valence-electron chi connectivity index (χ0n) is 9.70. The first-order chi connectivity index (χ1) is 8.81. The summed E-state index contributed by atoms with van der Waals surface area (Å²) in [7, 11) is 1.58. The van der Waals surface area contributed by atoms with Crippen LogP contribution in [0, 0.1) is 0 Å². The highest BCUT2D eigenvalue weighted by molar-refractivity contribution is 7.99. The van der Waals surface area contributed by atoms with Crippen molar-refractivity contribution in [3.63, 3.8) is 0 Å². The molecule has 2 aromatic heterocycles. The van der Waals surface area contributed by atoms with E-state index in [0.717, 1.165) is 10.1 Å². The molecule has 0 saturated carbocycles. The van der Waals surface area contributed by atoms with Gasteiger partial charge in [-0.3, -0.25) is 4.98 Å². The van der Waals surface area contributed by atoms with E-state index >= 15 is 0 Å². The molecule has 0 saturated heterocycles. The van der Waals surface area contributed by atoms with Crippen LogP contribution in [-0.2, 0) is 11.3 Å². The zero-order valence-corrected chi connectivity index (χ0v) is 10.5. The number of ether oxygens (including phenoxy) is 1. The average molecular weight is 264 g/mol. The van der Waals surface area contributed by atoms with E-state index in [4.69, 9.17) is 10.6 Å². The minimum Gasteiger partial charge on any atom is -0.377 e. The zero-order chi connectivity index (χ0) is 12.8. The predicted molar refractivity (Wildman–Crippen MR) is 66.7 cm³/mol. The molecule has 0 aliphatic heterocycles. The Hall–Kier alpha value is -1.77. The summed E-state index contributed by atoms with van der Waals surface area (Å²) < 4.78 is 5.00. The lowest BCUT2D eigenvalue weighted by molar-refractivity contribution is 0.177. The van der Waals surface area contributed by atoms with Gasteiger partial charge in [0.25, 0.3) is 0 Å². The molecule has 2 rings (SSSR count). The summed E-state index contributed by atoms with van der Waals surface area (Å²) in [5.41, 5.74) is 2.50. The maximum atomic E-state index is 5.36. The van der Waals surface area contributed by atoms with Crippen molar-refractivity contribution in [3.05, 3.63) is 30.5 Å². The molecule has 2 heterocycles. The van der Waals surface area contributed by atoms with E-state index in [1.807, 2.05) is 0 Å². The number of nitrogens with one attached hydrogen (secondary N) is 1. The third kappa shape index (κ3) is 3.36. The second-order valence-corrected chi connectivity index (χ2v) is 4.27. The van der Waals surface area contributed by atoms with Crippen molar-refractivity contribution in [3.8, 4) is 0 Å². The number of hydrogen-bond donors (Lipinski definition) is 2. The van der Waals surface area contributed by atoms with Gasteiger partial charge in [-0.25, -0.2) is 20.8 Å². The molecule has 2 aromatic rings. The van der Waals surface area contributed by atoms with Crippen molar-refractivity contribution in [2.75, 3.05) is 12.5 Å². The minimum absolute atomic E-state index is 0.323. The third-order valence-electron chi connectivity index (χ3n) is 1.92. The highest BCUT2D eigenvalue weighted by Gasteiger charge is 2.06. The monoisotopic (exact) mass is 264 g/mol. The van der Waals surface area contributed by atoms with Gasteiger partial charge in [0.2, 0.25) is 0 Å². The van der Waals surface area contributed by atoms with Crippen molar-refractivity contribution in [2.45, 2.75) is 16.7 Å². The first-order valence-electron chi connectivity index (χ1n) is 5.09. The molecule has 0 aromatic carbocycles. The van der Waals surface area contributed by atoms with Crippen LogP contribution in [-0.4, -0.2) is 27.0 Å². The van der Waals surface area contributed by atoms with Crippen LogP contribution in [0.1, 0.15) is 5.82 Å². The Morgan fingerprint density at radius 1 is 1.33 bits per heavy atom. The molecule has 7 nitrogen and oxygen atoms in total. The van der Waals surface area contributed by atoms with E-state index in [1.165, 1.54) is 11.8 Å². The Morgan fingerprint density at radius 2 is 2.22 bits per heavy atom. The summed E-state index contributed by atoms with van der Waals surface area (Å²) in [5, 5.41) is 1.48. The summed E-state index contributed by atoms with van der Waals surface area (Å²) in [5.74, 6) is 6.44. The molecular formula is C10H12N6OS. The van der Waals surface area contributed by atoms with Gasteiger partial charge in [0.05, 0.1) is 6.20 Å². The number of nitrogens with zero attached hydrogens (tertiary/aromatic N) is 4. The van der Waals surface area contributed by atoms with Crippen LogP contribution >= 0.6 is 11.8 Å². The van der Waals surface area contributed by atoms with Crippen LogP contribution in [0.15, 0.2) is 34.7 Å². The Morgan fingerprint density at radius 3 is 2.89 bits per heavy atom. The van der Waals surface area contributed by atoms with E-state index in [-0.39, 0.29) is 0 Å². The standard InChI is InChI=1S/C10H12N6OS/c1-17-6-8-14-7(16-11)4-9(15-8)18-10-5-12-2-3-13-10/h2-5H,6,11H2,1H3,(H,14,15,16). The molecule has 0 atom stereocenters. The summed E-state index contributed by atoms with van der Waals surface area (Å²) in [6, 6.07) is 1.73. The van der Waals surface area contributed by atoms with Crippen molar-refractivity contribution in [1.29, 1.82) is 0 Å². The van der Waals surface area contributed by atoms with Crippen LogP contribution in [0.4, 0.5) is 5.82 Å². The smallest absolute Gasteiger partial charge is 0.157 e. The average Bonchev–Trinajstić information content (AvgIpc) is 2.40. The fraction of sp³-hybridized carbons (Fsp3) is 0.200. The second kappa shape index (κ2) is 6.24. The molecule has 94 valence electrons. The Bertz CT molecular complexity index is 509. The van der Waals surface area contributed by atoms with E-state index in [0.29, 0.717) is 18.2 Å². The highest BCUT2D eigenvalue weighted by atomic mass is 32.2. The van der Waals surface area contributed by atoms with Crippen LogP contribution in [0.5, 0.6) is 0 Å². The predicted octanol–water partition coefficient (Wildman–Crippen LogP) is 0.850. The lowest BCUT2D eigenvalue weighted by atomic mass is 10.5. The number of hydrazine groups is 1. The van der Waals surface area contributed by atoms with Gasteiger partial charge >= 0.3 is 0 Å². The Balaban J connectivity index is 2.24. The molecule has 0 bridgehead atoms. The molecule has 0 radical (unpaired) electrons. The van der Waals surface area contributed by atoms with E-state index < -0.39 is 0 Å². The maximum Gasteiger partial charge on any atom is 0.157 e. The van der Waals surface area contributed by atoms with Gasteiger partial charge in [0.1, 0.15) is 22.5 Å². The van der Waals surface area contributed by atoms with Gasteiger partial charge in [0.15, 0.2) is 5.82 Å². The second-order valence-electron chi connectivity index (χ2n) is 3.23. The number of nitrogen functional groups attached to an aromatic ring is 1. The Labute approximate surface area is 108 Å². The number of methoxy groups -OCH3 is 1. The quantitative estimate of drug-likeness (QED) is 0.466. The van der Waals surface area contributed by atoms with Crippen molar-refractivity contribution < 1.29 is 4.74 Å². The van der Waals surface area contributed by atoms with E-state index in [2.05, 4.69) is 25.4 Å². The first kappa shape index (κ1) is 12.7. The fourth-order valence-electron chi connectivity index (χ4n) is 1.24. The van der Waals surface area contributed by atoms with Gasteiger partial charge in [0, 0.05) is 25.6 Å². The van der Waals surface area contributed by atoms with Crippen LogP contribution in [0.25, 0.3) is 0 Å². The molecular weight excluding hydrogens is 252 g/mol. The SMILES string of the molecule is COCc1nc(NN)cc(Sc2cnccn2)n1. The van der Waals surface area contributed by atoms with Crippen molar-refractivity contribution >= 4 is 17.6 Å². The minimum atomic E-state index is 0.323. The molecule has 0 unspecified atom stereocenters. The van der Waals surface area contributed by atoms with Gasteiger partial charge in [-0.15, -0.1) is 0 Å². The first-order valence-corrected chi connectivity index (χ1v) is 5.91. The number of aromatic nitrogens is 4. The molecule has 0 spiro atoms. The molecule has 18 heavy (non-hydrogen) atoms. The van der Waals surface area contributed by atoms with Gasteiger partial charge < -0.3 is 10.2 Å². The number of nitrogens with two attached hydrogens (primary N) is 1. The molecule has 0 fully saturated rings. The molecule has 0 aliphatic carbocycles. The number of rotatable bonds is 5. The number of anilines is 1. The summed E-state index contributed by atoms with van der Waals surface area (Å²) in [4.78, 5) is 16.6. The topological polar surface area (TPSA) is 98.8 Å². The summed E-state index contributed by atoms with van der Waals surface area (Å²) >= 11 is 1.38. The van der Waals surface area contributed by atoms with E-state index in [9.17, 15) is 0 Å². The molecule has 8 heteroatoms. The lowest BCUT2D eigenvalue weighted by Crippen LogP contribution is -2.11. The van der Waals surface area contributed by atoms with Gasteiger partial charge in [-0.05, 0) is 11.8 Å². The van der Waals surface area contributed by atoms with Crippen molar-refractivity contribution in [1.82, 2.24) is 19.9 Å². The molecule has 0 amide bonds.